The number of fused-ring (bicyclic) bond motifs is 3. The molecule has 1 aliphatic rings. The average molecular weight is 1600 g/mol. The predicted octanol–water partition coefficient (Wildman–Crippen LogP) is -0.737. The minimum absolute atomic E-state index is 0.0225. The van der Waals surface area contributed by atoms with Crippen LogP contribution in [0.3, 0.4) is 0 Å². The number of para-hydroxylation sites is 2. The lowest BCUT2D eigenvalue weighted by molar-refractivity contribution is -0.141. The third-order valence-corrected chi connectivity index (χ3v) is 20.6. The highest BCUT2D eigenvalue weighted by molar-refractivity contribution is 8.00. The van der Waals surface area contributed by atoms with Crippen molar-refractivity contribution < 1.29 is 77.3 Å². The largest absolute Gasteiger partial charge is 0.481 e. The lowest BCUT2D eigenvalue weighted by Crippen LogP contribution is -2.61. The fraction of sp³-hybridized carbons (Fsp3) is 0.474. The molecule has 7 rings (SSSR count). The Hall–Kier alpha value is -11.7. The third kappa shape index (κ3) is 27.0. The van der Waals surface area contributed by atoms with Crippen molar-refractivity contribution in [2.24, 2.45) is 29.0 Å². The highest BCUT2D eigenvalue weighted by Gasteiger charge is 2.39. The molecule has 2 aromatic heterocycles. The SMILES string of the molecule is CCCC[C@@H]1NC(=O)[C@H](Cc2c[nH]c3ccccc23)NC(=O)[C@H](CC(=O)O)NC(=O)[C@H](CCCCN)NC(=O)CNC(=O)[C@H](CO)NC(=O)[C@H]([C@@H](C)CC)NC(=O)[C@H](Cc2ccc3ccccc3c2)NC(=O)CSC[C@@H](C(N)=O)NC(=O)[C@H](C(C)C)NC(=O)[C@H](Cc2c[nH]c3ccccc23)NC(=O)[C@@H](CCCNC(=N)N)NC1=O. The minimum atomic E-state index is -1.95. The van der Waals surface area contributed by atoms with Gasteiger partial charge in [0.25, 0.3) is 0 Å². The van der Waals surface area contributed by atoms with E-state index in [1.807, 2.05) is 43.3 Å². The van der Waals surface area contributed by atoms with Crippen LogP contribution in [0.15, 0.2) is 103 Å². The number of aromatic amines is 2. The summed E-state index contributed by atoms with van der Waals surface area (Å²) in [6.45, 7) is 6.66. The van der Waals surface area contributed by atoms with Gasteiger partial charge in [-0.25, -0.2) is 0 Å². The number of aliphatic hydroxyl groups excluding tert-OH is 1. The molecule has 616 valence electrons. The first-order valence-electron chi connectivity index (χ1n) is 38.2. The Bertz CT molecular complexity index is 4400. The summed E-state index contributed by atoms with van der Waals surface area (Å²) < 4.78 is 0. The Morgan fingerprint density at radius 1 is 0.526 bits per heavy atom. The number of nitrogens with one attached hydrogen (secondary N) is 16. The molecule has 6 aromatic rings. The molecule has 36 heteroatoms. The van der Waals surface area contributed by atoms with Crippen molar-refractivity contribution in [3.63, 3.8) is 0 Å². The van der Waals surface area contributed by atoms with Gasteiger partial charge < -0.3 is 107 Å². The van der Waals surface area contributed by atoms with Crippen LogP contribution in [0.25, 0.3) is 32.6 Å². The number of rotatable bonds is 24. The highest BCUT2D eigenvalue weighted by atomic mass is 32.2. The van der Waals surface area contributed by atoms with Crippen molar-refractivity contribution in [2.75, 3.05) is 37.7 Å². The molecule has 1 fully saturated rings. The Labute approximate surface area is 663 Å². The maximum Gasteiger partial charge on any atom is 0.305 e. The number of aromatic nitrogens is 2. The second kappa shape index (κ2) is 44.5. The molecule has 4 aromatic carbocycles. The van der Waals surface area contributed by atoms with Crippen LogP contribution in [0.2, 0.25) is 0 Å². The number of aliphatic hydroxyl groups is 1. The molecular weight excluding hydrogens is 1490 g/mol. The second-order valence-electron chi connectivity index (χ2n) is 28.6. The van der Waals surface area contributed by atoms with Crippen molar-refractivity contribution in [1.82, 2.24) is 79.1 Å². The molecule has 0 radical (unpaired) electrons. The molecule has 0 bridgehead atoms. The van der Waals surface area contributed by atoms with E-state index in [0.717, 1.165) is 22.5 Å². The number of hydrogen-bond acceptors (Lipinski definition) is 18. The number of carboxylic acid groups (broad SMARTS) is 1. The average Bonchev–Trinajstić information content (AvgIpc) is 1.45. The summed E-state index contributed by atoms with van der Waals surface area (Å²) in [5, 5.41) is 65.5. The van der Waals surface area contributed by atoms with Crippen LogP contribution in [-0.4, -0.2) is 213 Å². The van der Waals surface area contributed by atoms with Gasteiger partial charge in [-0.1, -0.05) is 133 Å². The fourth-order valence-corrected chi connectivity index (χ4v) is 13.8. The summed E-state index contributed by atoms with van der Waals surface area (Å²) in [4.78, 5) is 207. The molecule has 35 nitrogen and oxygen atoms in total. The van der Waals surface area contributed by atoms with Gasteiger partial charge in [0.2, 0.25) is 76.8 Å². The number of guanidine groups is 1. The standard InChI is InChI=1S/C78H107N19O16S/c1-6-8-22-54-70(106)89-55(26-17-30-83-78(81)82)71(107)91-58(34-48-37-85-52-24-14-12-21-50(48)52)75(111)96-65(42(3)4)76(112)95-61(67(80)103)40-114-41-63(100)88-56(32-44-27-28-45-18-9-10-19-46(45)31-44)74(110)97-66(43(5)7-2)77(113)94-60(39-98)68(104)86-38-62(99)87-53(25-15-16-29-79)69(105)93-59(35-64(101)102)73(109)92-57(72(108)90-54)33-47-36-84-51-23-13-11-20-49(47)51/h9-14,18-21,23-24,27-28,31,36-37,42-43,53-61,65-66,84-85,98H,6-8,15-17,22,25-26,29-30,32-35,38-41,79H2,1-5H3,(H2,80,103)(H,86,104)(H,87,99)(H,88,100)(H,89,106)(H,90,108)(H,91,107)(H,92,109)(H,93,105)(H,94,113)(H,95,112)(H,96,111)(H,97,110)(H,101,102)(H4,81,82,83)/t43-,53-,54-,55+,56-,57-,58-,59-,60-,61-,65-,66-/m0/s1. The molecule has 0 saturated carbocycles. The van der Waals surface area contributed by atoms with Gasteiger partial charge in [-0.3, -0.25) is 72.5 Å². The van der Waals surface area contributed by atoms with Crippen LogP contribution >= 0.6 is 11.8 Å². The first-order valence-corrected chi connectivity index (χ1v) is 39.3. The van der Waals surface area contributed by atoms with Gasteiger partial charge in [-0.05, 0) is 96.5 Å². The van der Waals surface area contributed by atoms with Crippen molar-refractivity contribution in [3.8, 4) is 0 Å². The number of primary amides is 1. The summed E-state index contributed by atoms with van der Waals surface area (Å²) in [6.07, 6.45) is 2.79. The molecule has 1 saturated heterocycles. The van der Waals surface area contributed by atoms with E-state index in [-0.39, 0.29) is 76.6 Å². The third-order valence-electron chi connectivity index (χ3n) is 19.5. The van der Waals surface area contributed by atoms with E-state index >= 15 is 19.2 Å². The maximum atomic E-state index is 15.1. The van der Waals surface area contributed by atoms with Gasteiger partial charge in [0.05, 0.1) is 25.3 Å². The normalized spacial score (nSPS) is 22.9. The number of aliphatic carboxylic acids is 1. The molecule has 3 heterocycles. The molecule has 114 heavy (non-hydrogen) atoms. The summed E-state index contributed by atoms with van der Waals surface area (Å²) in [7, 11) is 0. The minimum Gasteiger partial charge on any atom is -0.481 e. The number of thioether (sulfide) groups is 1. The van der Waals surface area contributed by atoms with Gasteiger partial charge in [-0.15, -0.1) is 11.8 Å². The number of carbonyl (C=O) groups excluding carboxylic acids is 13. The quantitative estimate of drug-likeness (QED) is 0.0202. The zero-order valence-electron chi connectivity index (χ0n) is 64.5. The van der Waals surface area contributed by atoms with E-state index in [2.05, 4.69) is 79.1 Å². The van der Waals surface area contributed by atoms with Crippen LogP contribution in [-0.2, 0) is 86.4 Å². The fourth-order valence-electron chi connectivity index (χ4n) is 13.0. The van der Waals surface area contributed by atoms with Gasteiger partial charge in [0.1, 0.15) is 66.5 Å². The number of carboxylic acids is 1. The van der Waals surface area contributed by atoms with Crippen LogP contribution in [0.5, 0.6) is 0 Å². The molecule has 12 atom stereocenters. The van der Waals surface area contributed by atoms with Gasteiger partial charge >= 0.3 is 5.97 Å². The number of benzene rings is 4. The number of H-pyrrole nitrogens is 2. The van der Waals surface area contributed by atoms with Gasteiger partial charge in [0.15, 0.2) is 5.96 Å². The number of unbranched alkanes of at least 4 members (excludes halogenated alkanes) is 2. The predicted molar refractivity (Wildman–Crippen MR) is 428 cm³/mol. The van der Waals surface area contributed by atoms with E-state index in [9.17, 15) is 58.2 Å². The van der Waals surface area contributed by atoms with Crippen LogP contribution in [0, 0.1) is 17.2 Å². The molecule has 13 amide bonds. The molecular formula is C78H107N19O16S. The zero-order chi connectivity index (χ0) is 83.1. The highest BCUT2D eigenvalue weighted by Crippen LogP contribution is 2.24. The van der Waals surface area contributed by atoms with Crippen LogP contribution < -0.4 is 86.3 Å². The van der Waals surface area contributed by atoms with Crippen molar-refractivity contribution in [2.45, 2.75) is 185 Å². The van der Waals surface area contributed by atoms with Crippen LogP contribution in [0.4, 0.5) is 0 Å². The first-order chi connectivity index (χ1) is 54.5. The van der Waals surface area contributed by atoms with E-state index < -0.39 is 192 Å². The summed E-state index contributed by atoms with van der Waals surface area (Å²) in [6, 6.07) is 9.81. The molecule has 24 N–H and O–H groups in total. The van der Waals surface area contributed by atoms with Gasteiger partial charge in [0, 0.05) is 65.8 Å². The van der Waals surface area contributed by atoms with E-state index in [0.29, 0.717) is 57.8 Å². The topological polar surface area (TPSA) is 569 Å². The Kier molecular flexibility index (Phi) is 35.0. The molecule has 0 aliphatic carbocycles. The van der Waals surface area contributed by atoms with Crippen molar-refractivity contribution in [3.05, 3.63) is 120 Å². The lowest BCUT2D eigenvalue weighted by Gasteiger charge is -2.29. The summed E-state index contributed by atoms with van der Waals surface area (Å²) in [5.41, 5.74) is 20.2. The van der Waals surface area contributed by atoms with E-state index in [1.54, 1.807) is 94.7 Å². The Morgan fingerprint density at radius 3 is 1.56 bits per heavy atom. The Morgan fingerprint density at radius 2 is 1.01 bits per heavy atom. The second-order valence-corrected chi connectivity index (χ2v) is 29.6. The van der Waals surface area contributed by atoms with Gasteiger partial charge in [-0.2, -0.15) is 0 Å². The molecule has 0 spiro atoms. The van der Waals surface area contributed by atoms with E-state index in [4.69, 9.17) is 22.6 Å². The van der Waals surface area contributed by atoms with Crippen molar-refractivity contribution in [1.29, 1.82) is 5.41 Å². The molecule has 0 unspecified atom stereocenters. The number of amides is 13. The molecule has 1 aliphatic heterocycles. The number of hydrogen-bond donors (Lipinski definition) is 21. The van der Waals surface area contributed by atoms with Crippen molar-refractivity contribution >= 4 is 133 Å². The monoisotopic (exact) mass is 1600 g/mol. The number of nitrogens with two attached hydrogens (primary N) is 3. The smallest absolute Gasteiger partial charge is 0.305 e. The maximum absolute atomic E-state index is 15.1. The van der Waals surface area contributed by atoms with E-state index in [1.165, 1.54) is 0 Å². The summed E-state index contributed by atoms with van der Waals surface area (Å²) in [5.74, 6) is -16.6. The lowest BCUT2D eigenvalue weighted by atomic mass is 9.96. The Balaban J connectivity index is 1.27. The number of carbonyl (C=O) groups is 14. The van der Waals surface area contributed by atoms with Crippen LogP contribution in [0.1, 0.15) is 116 Å². The first kappa shape index (κ1) is 89.5. The summed E-state index contributed by atoms with van der Waals surface area (Å²) >= 11 is 0.859. The zero-order valence-corrected chi connectivity index (χ0v) is 65.3.